The number of piperidine rings is 1. The summed E-state index contributed by atoms with van der Waals surface area (Å²) in [5.74, 6) is 0.721. The predicted molar refractivity (Wildman–Crippen MR) is 118 cm³/mol. The van der Waals surface area contributed by atoms with E-state index >= 15 is 0 Å². The molecule has 1 heterocycles. The normalized spacial score (nSPS) is 15.1. The highest BCUT2D eigenvalue weighted by molar-refractivity contribution is 7.92. The van der Waals surface area contributed by atoms with Crippen LogP contribution in [-0.4, -0.2) is 58.9 Å². The summed E-state index contributed by atoms with van der Waals surface area (Å²) in [5.41, 5.74) is 0.696. The number of hydrogen-bond acceptors (Lipinski definition) is 6. The molecule has 1 aliphatic rings. The molecule has 9 heteroatoms. The van der Waals surface area contributed by atoms with Gasteiger partial charge in [0.05, 0.1) is 31.5 Å². The van der Waals surface area contributed by atoms with Gasteiger partial charge in [0.25, 0.3) is 0 Å². The lowest BCUT2D eigenvalue weighted by Gasteiger charge is -2.31. The fraction of sp³-hybridized carbons (Fsp3) is 0.348. The molecule has 1 fully saturated rings. The minimum atomic E-state index is -3.57. The third-order valence-electron chi connectivity index (χ3n) is 5.44. The average Bonchev–Trinajstić information content (AvgIpc) is 2.82. The van der Waals surface area contributed by atoms with Gasteiger partial charge in [-0.05, 0) is 60.9 Å². The smallest absolute Gasteiger partial charge is 0.246 e. The van der Waals surface area contributed by atoms with Crippen LogP contribution in [0.5, 0.6) is 17.2 Å². The zero-order valence-corrected chi connectivity index (χ0v) is 19.0. The molecule has 0 bridgehead atoms. The molecule has 1 aliphatic heterocycles. The quantitative estimate of drug-likeness (QED) is 0.463. The van der Waals surface area contributed by atoms with Crippen LogP contribution in [0.3, 0.4) is 0 Å². The first-order valence-electron chi connectivity index (χ1n) is 10.1. The number of hydrogen-bond donors (Lipinski definition) is 0. The number of methoxy groups -OCH3 is 3. The lowest BCUT2D eigenvalue weighted by Crippen LogP contribution is -2.41. The van der Waals surface area contributed by atoms with Crippen molar-refractivity contribution in [3.05, 3.63) is 53.9 Å². The lowest BCUT2D eigenvalue weighted by molar-refractivity contribution is -0.126. The first-order valence-corrected chi connectivity index (χ1v) is 11.6. The molecule has 0 radical (unpaired) electrons. The van der Waals surface area contributed by atoms with Crippen LogP contribution in [0.1, 0.15) is 18.4 Å². The van der Waals surface area contributed by atoms with Crippen LogP contribution >= 0.6 is 0 Å². The Morgan fingerprint density at radius 1 is 1.00 bits per heavy atom. The zero-order valence-electron chi connectivity index (χ0n) is 18.2. The maximum atomic E-state index is 13.1. The summed E-state index contributed by atoms with van der Waals surface area (Å²) in [6.45, 7) is 0.646. The molecule has 1 amide bonds. The summed E-state index contributed by atoms with van der Waals surface area (Å²) in [5, 5.41) is -0.601. The van der Waals surface area contributed by atoms with Crippen LogP contribution in [0.4, 0.5) is 4.39 Å². The van der Waals surface area contributed by atoms with Crippen molar-refractivity contribution in [3.63, 3.8) is 0 Å². The van der Waals surface area contributed by atoms with Crippen molar-refractivity contribution in [2.45, 2.75) is 23.0 Å². The molecule has 172 valence electrons. The van der Waals surface area contributed by atoms with E-state index in [-0.39, 0.29) is 10.8 Å². The summed E-state index contributed by atoms with van der Waals surface area (Å²) >= 11 is 0. The predicted octanol–water partition coefficient (Wildman–Crippen LogP) is 3.33. The third kappa shape index (κ3) is 5.04. The first-order chi connectivity index (χ1) is 15.3. The molecular formula is C23H26FNO6S. The summed E-state index contributed by atoms with van der Waals surface area (Å²) in [7, 11) is 0.974. The molecule has 7 nitrogen and oxygen atoms in total. The third-order valence-corrected chi connectivity index (χ3v) is 7.72. The van der Waals surface area contributed by atoms with Gasteiger partial charge in [-0.1, -0.05) is 0 Å². The van der Waals surface area contributed by atoms with Crippen LogP contribution in [0.2, 0.25) is 0 Å². The Morgan fingerprint density at radius 3 is 2.06 bits per heavy atom. The van der Waals surface area contributed by atoms with Crippen molar-refractivity contribution in [3.8, 4) is 17.2 Å². The molecule has 1 saturated heterocycles. The summed E-state index contributed by atoms with van der Waals surface area (Å²) in [4.78, 5) is 14.3. The molecule has 0 aromatic heterocycles. The van der Waals surface area contributed by atoms with Gasteiger partial charge >= 0.3 is 0 Å². The van der Waals surface area contributed by atoms with E-state index in [2.05, 4.69) is 0 Å². The van der Waals surface area contributed by atoms with Gasteiger partial charge in [0, 0.05) is 19.2 Å². The highest BCUT2D eigenvalue weighted by Gasteiger charge is 2.32. The fourth-order valence-electron chi connectivity index (χ4n) is 3.67. The second-order valence-electron chi connectivity index (χ2n) is 7.32. The topological polar surface area (TPSA) is 82.1 Å². The molecule has 0 spiro atoms. The van der Waals surface area contributed by atoms with E-state index in [0.717, 1.165) is 12.1 Å². The van der Waals surface area contributed by atoms with Crippen molar-refractivity contribution >= 4 is 21.8 Å². The molecular weight excluding hydrogens is 437 g/mol. The Bertz CT molecular complexity index is 1060. The largest absolute Gasteiger partial charge is 0.493 e. The van der Waals surface area contributed by atoms with Crippen molar-refractivity contribution in [2.24, 2.45) is 0 Å². The van der Waals surface area contributed by atoms with E-state index in [4.69, 9.17) is 14.2 Å². The molecule has 0 atom stereocenters. The highest BCUT2D eigenvalue weighted by atomic mass is 32.2. The Hall–Kier alpha value is -3.07. The van der Waals surface area contributed by atoms with Gasteiger partial charge in [-0.3, -0.25) is 4.79 Å². The van der Waals surface area contributed by atoms with Gasteiger partial charge < -0.3 is 19.1 Å². The standard InChI is InChI=1S/C23H26FNO6S/c1-29-20-14-16(15-21(30-2)23(20)31-3)4-9-22(26)25-12-10-19(11-13-25)32(27,28)18-7-5-17(24)6-8-18/h4-9,14-15,19H,10-13H2,1-3H3/b9-4+. The number of likely N-dealkylation sites (tertiary alicyclic amines) is 1. The Labute approximate surface area is 187 Å². The Morgan fingerprint density at radius 2 is 1.56 bits per heavy atom. The van der Waals surface area contributed by atoms with Crippen LogP contribution in [-0.2, 0) is 14.6 Å². The molecule has 0 unspecified atom stereocenters. The van der Waals surface area contributed by atoms with Crippen LogP contribution in [0.15, 0.2) is 47.4 Å². The number of sulfone groups is 1. The maximum absolute atomic E-state index is 13.1. The zero-order chi connectivity index (χ0) is 23.3. The Kier molecular flexibility index (Phi) is 7.40. The molecule has 2 aromatic rings. The van der Waals surface area contributed by atoms with Gasteiger partial charge in [0.2, 0.25) is 11.7 Å². The average molecular weight is 464 g/mol. The number of nitrogens with zero attached hydrogens (tertiary/aromatic N) is 1. The number of benzene rings is 2. The molecule has 32 heavy (non-hydrogen) atoms. The first kappa shape index (κ1) is 23.6. The number of carbonyl (C=O) groups is 1. The number of amides is 1. The molecule has 0 saturated carbocycles. The Balaban J connectivity index is 1.66. The van der Waals surface area contributed by atoms with Gasteiger partial charge in [-0.2, -0.15) is 0 Å². The number of rotatable bonds is 7. The van der Waals surface area contributed by atoms with E-state index < -0.39 is 20.9 Å². The highest BCUT2D eigenvalue weighted by Crippen LogP contribution is 2.38. The lowest BCUT2D eigenvalue weighted by atomic mass is 10.1. The molecule has 3 rings (SSSR count). The second kappa shape index (κ2) is 10.0. The van der Waals surface area contributed by atoms with Gasteiger partial charge in [0.15, 0.2) is 21.3 Å². The summed E-state index contributed by atoms with van der Waals surface area (Å²) in [6.07, 6.45) is 3.73. The van der Waals surface area contributed by atoms with Crippen molar-refractivity contribution in [1.29, 1.82) is 0 Å². The minimum absolute atomic E-state index is 0.103. The summed E-state index contributed by atoms with van der Waals surface area (Å²) < 4.78 is 54.6. The van der Waals surface area contributed by atoms with Crippen LogP contribution < -0.4 is 14.2 Å². The van der Waals surface area contributed by atoms with Gasteiger partial charge in [-0.15, -0.1) is 0 Å². The monoisotopic (exact) mass is 463 g/mol. The van der Waals surface area contributed by atoms with E-state index in [9.17, 15) is 17.6 Å². The van der Waals surface area contributed by atoms with Crippen molar-refractivity contribution in [1.82, 2.24) is 4.90 Å². The van der Waals surface area contributed by atoms with E-state index in [1.54, 1.807) is 23.1 Å². The SMILES string of the molecule is COc1cc(/C=C/C(=O)N2CCC(S(=O)(=O)c3ccc(F)cc3)CC2)cc(OC)c1OC. The van der Waals surface area contributed by atoms with E-state index in [0.29, 0.717) is 48.7 Å². The molecule has 0 N–H and O–H groups in total. The van der Waals surface area contributed by atoms with Crippen LogP contribution in [0, 0.1) is 5.82 Å². The number of halogens is 1. The maximum Gasteiger partial charge on any atom is 0.246 e. The minimum Gasteiger partial charge on any atom is -0.493 e. The van der Waals surface area contributed by atoms with Crippen LogP contribution in [0.25, 0.3) is 6.08 Å². The second-order valence-corrected chi connectivity index (χ2v) is 9.54. The molecule has 0 aliphatic carbocycles. The summed E-state index contributed by atoms with van der Waals surface area (Å²) in [6, 6.07) is 8.29. The number of carbonyl (C=O) groups excluding carboxylic acids is 1. The fourth-order valence-corrected chi connectivity index (χ4v) is 5.41. The van der Waals surface area contributed by atoms with Crippen molar-refractivity contribution in [2.75, 3.05) is 34.4 Å². The van der Waals surface area contributed by atoms with Crippen molar-refractivity contribution < 1.29 is 31.8 Å². The van der Waals surface area contributed by atoms with Gasteiger partial charge in [0.1, 0.15) is 5.82 Å². The number of ether oxygens (including phenoxy) is 3. The van der Waals surface area contributed by atoms with E-state index in [1.165, 1.54) is 39.5 Å². The molecule has 2 aromatic carbocycles. The van der Waals surface area contributed by atoms with E-state index in [1.807, 2.05) is 0 Å². The van der Waals surface area contributed by atoms with Gasteiger partial charge in [-0.25, -0.2) is 12.8 Å².